The standard InChI is InChI=1S/C16H20N2O2S/c1-2-4-14-12(3-1)9-13(20-14)10-17-15-18-16(11-21-15)5-7-19-8-6-16/h1-4,13H,5-11H2,(H,17,18). The Morgan fingerprint density at radius 1 is 1.29 bits per heavy atom. The van der Waals surface area contributed by atoms with Gasteiger partial charge in [0.2, 0.25) is 0 Å². The van der Waals surface area contributed by atoms with Crippen LogP contribution in [0, 0.1) is 0 Å². The minimum Gasteiger partial charge on any atom is -0.488 e. The lowest BCUT2D eigenvalue weighted by Gasteiger charge is -2.32. The van der Waals surface area contributed by atoms with Crippen LogP contribution in [0.2, 0.25) is 0 Å². The second-order valence-electron chi connectivity index (χ2n) is 6.00. The molecule has 1 spiro atoms. The van der Waals surface area contributed by atoms with Gasteiger partial charge in [-0.25, -0.2) is 0 Å². The molecule has 5 heteroatoms. The molecular formula is C16H20N2O2S. The van der Waals surface area contributed by atoms with Crippen LogP contribution in [-0.4, -0.2) is 42.3 Å². The van der Waals surface area contributed by atoms with Crippen LogP contribution in [0.25, 0.3) is 0 Å². The lowest BCUT2D eigenvalue weighted by Crippen LogP contribution is -2.48. The summed E-state index contributed by atoms with van der Waals surface area (Å²) >= 11 is 1.84. The first-order chi connectivity index (χ1) is 10.3. The highest BCUT2D eigenvalue weighted by Crippen LogP contribution is 2.32. The van der Waals surface area contributed by atoms with E-state index in [-0.39, 0.29) is 11.6 Å². The summed E-state index contributed by atoms with van der Waals surface area (Å²) in [5.74, 6) is 2.14. The molecule has 0 radical (unpaired) electrons. The van der Waals surface area contributed by atoms with E-state index in [1.54, 1.807) is 0 Å². The van der Waals surface area contributed by atoms with E-state index in [2.05, 4.69) is 17.4 Å². The van der Waals surface area contributed by atoms with Gasteiger partial charge in [-0.05, 0) is 24.5 Å². The Morgan fingerprint density at radius 2 is 2.14 bits per heavy atom. The number of rotatable bonds is 2. The topological polar surface area (TPSA) is 42.9 Å². The summed E-state index contributed by atoms with van der Waals surface area (Å²) in [5.41, 5.74) is 1.52. The maximum Gasteiger partial charge on any atom is 0.157 e. The van der Waals surface area contributed by atoms with Crippen LogP contribution in [-0.2, 0) is 11.2 Å². The zero-order valence-electron chi connectivity index (χ0n) is 12.0. The van der Waals surface area contributed by atoms with Crippen molar-refractivity contribution >= 4 is 16.9 Å². The fourth-order valence-corrected chi connectivity index (χ4v) is 4.39. The summed E-state index contributed by atoms with van der Waals surface area (Å²) in [6.45, 7) is 2.46. The Balaban J connectivity index is 1.35. The normalized spacial score (nSPS) is 28.4. The molecule has 0 saturated carbocycles. The Labute approximate surface area is 129 Å². The van der Waals surface area contributed by atoms with Gasteiger partial charge in [0.15, 0.2) is 5.17 Å². The highest BCUT2D eigenvalue weighted by molar-refractivity contribution is 8.14. The summed E-state index contributed by atoms with van der Waals surface area (Å²) in [7, 11) is 0. The highest BCUT2D eigenvalue weighted by atomic mass is 32.2. The smallest absolute Gasteiger partial charge is 0.157 e. The number of nitrogens with one attached hydrogen (secondary N) is 1. The van der Waals surface area contributed by atoms with Crippen LogP contribution >= 0.6 is 11.8 Å². The lowest BCUT2D eigenvalue weighted by atomic mass is 9.93. The number of hydrogen-bond donors (Lipinski definition) is 1. The van der Waals surface area contributed by atoms with Crippen LogP contribution in [0.4, 0.5) is 0 Å². The third kappa shape index (κ3) is 2.77. The second-order valence-corrected chi connectivity index (χ2v) is 6.97. The zero-order valence-corrected chi connectivity index (χ0v) is 12.8. The largest absolute Gasteiger partial charge is 0.488 e. The van der Waals surface area contributed by atoms with Crippen LogP contribution < -0.4 is 10.1 Å². The van der Waals surface area contributed by atoms with Gasteiger partial charge in [-0.3, -0.25) is 4.99 Å². The SMILES string of the molecule is c1ccc2c(c1)CC(CN=C1NC3(CCOCC3)CS1)O2. The molecular weight excluding hydrogens is 284 g/mol. The molecule has 4 rings (SSSR count). The average Bonchev–Trinajstić information content (AvgIpc) is 3.10. The Hall–Kier alpha value is -1.20. The molecule has 4 nitrogen and oxygen atoms in total. The third-order valence-electron chi connectivity index (χ3n) is 4.46. The van der Waals surface area contributed by atoms with E-state index in [0.717, 1.165) is 55.7 Å². The summed E-state index contributed by atoms with van der Waals surface area (Å²) in [5, 5.41) is 4.71. The molecule has 0 aromatic heterocycles. The van der Waals surface area contributed by atoms with Crippen LogP contribution in [0.1, 0.15) is 18.4 Å². The van der Waals surface area contributed by atoms with Crippen molar-refractivity contribution < 1.29 is 9.47 Å². The van der Waals surface area contributed by atoms with Gasteiger partial charge in [-0.2, -0.15) is 0 Å². The molecule has 112 valence electrons. The van der Waals surface area contributed by atoms with Crippen molar-refractivity contribution in [3.8, 4) is 5.75 Å². The summed E-state index contributed by atoms with van der Waals surface area (Å²) < 4.78 is 11.4. The van der Waals surface area contributed by atoms with Gasteiger partial charge in [-0.1, -0.05) is 30.0 Å². The number of fused-ring (bicyclic) bond motifs is 1. The number of benzene rings is 1. The highest BCUT2D eigenvalue weighted by Gasteiger charge is 2.38. The van der Waals surface area contributed by atoms with Crippen molar-refractivity contribution in [3.05, 3.63) is 29.8 Å². The number of para-hydroxylation sites is 1. The predicted octanol–water partition coefficient (Wildman–Crippen LogP) is 2.23. The van der Waals surface area contributed by atoms with Gasteiger partial charge in [0.25, 0.3) is 0 Å². The Kier molecular flexibility index (Phi) is 3.55. The number of aliphatic imine (C=N–C) groups is 1. The first-order valence-corrected chi connectivity index (χ1v) is 8.59. The van der Waals surface area contributed by atoms with Crippen molar-refractivity contribution in [2.24, 2.45) is 4.99 Å². The van der Waals surface area contributed by atoms with Gasteiger partial charge in [0.1, 0.15) is 11.9 Å². The summed E-state index contributed by atoms with van der Waals surface area (Å²) in [4.78, 5) is 4.74. The minimum atomic E-state index is 0.184. The van der Waals surface area contributed by atoms with Gasteiger partial charge in [0, 0.05) is 25.4 Å². The molecule has 2 saturated heterocycles. The van der Waals surface area contributed by atoms with Crippen LogP contribution in [0.15, 0.2) is 29.3 Å². The maximum atomic E-state index is 5.94. The lowest BCUT2D eigenvalue weighted by molar-refractivity contribution is 0.0555. The molecule has 3 aliphatic heterocycles. The minimum absolute atomic E-state index is 0.184. The fraction of sp³-hybridized carbons (Fsp3) is 0.562. The predicted molar refractivity (Wildman–Crippen MR) is 85.2 cm³/mol. The summed E-state index contributed by atoms with van der Waals surface area (Å²) in [6.07, 6.45) is 3.33. The molecule has 21 heavy (non-hydrogen) atoms. The quantitative estimate of drug-likeness (QED) is 0.910. The number of thioether (sulfide) groups is 1. The molecule has 1 unspecified atom stereocenters. The van der Waals surface area contributed by atoms with Crippen molar-refractivity contribution in [2.75, 3.05) is 25.5 Å². The molecule has 3 aliphatic rings. The van der Waals surface area contributed by atoms with E-state index in [0.29, 0.717) is 0 Å². The van der Waals surface area contributed by atoms with Gasteiger partial charge < -0.3 is 14.8 Å². The van der Waals surface area contributed by atoms with E-state index in [9.17, 15) is 0 Å². The van der Waals surface area contributed by atoms with E-state index >= 15 is 0 Å². The maximum absolute atomic E-state index is 5.94. The Bertz CT molecular complexity index is 530. The monoisotopic (exact) mass is 304 g/mol. The third-order valence-corrected chi connectivity index (χ3v) is 5.66. The van der Waals surface area contributed by atoms with Crippen molar-refractivity contribution in [2.45, 2.75) is 30.9 Å². The molecule has 1 N–H and O–H groups in total. The van der Waals surface area contributed by atoms with E-state index in [1.807, 2.05) is 23.9 Å². The molecule has 3 heterocycles. The zero-order chi connectivity index (χ0) is 14.1. The van der Waals surface area contributed by atoms with Crippen molar-refractivity contribution in [1.29, 1.82) is 0 Å². The van der Waals surface area contributed by atoms with Gasteiger partial charge in [-0.15, -0.1) is 0 Å². The number of nitrogens with zero attached hydrogens (tertiary/aromatic N) is 1. The number of amidine groups is 1. The van der Waals surface area contributed by atoms with E-state index in [1.165, 1.54) is 5.56 Å². The molecule has 0 aliphatic carbocycles. The first-order valence-electron chi connectivity index (χ1n) is 7.61. The number of hydrogen-bond acceptors (Lipinski definition) is 4. The van der Waals surface area contributed by atoms with E-state index < -0.39 is 0 Å². The second kappa shape index (κ2) is 5.54. The first kappa shape index (κ1) is 13.5. The van der Waals surface area contributed by atoms with Crippen molar-refractivity contribution in [1.82, 2.24) is 5.32 Å². The summed E-state index contributed by atoms with van der Waals surface area (Å²) in [6, 6.07) is 8.28. The molecule has 2 fully saturated rings. The molecule has 0 amide bonds. The molecule has 1 aromatic carbocycles. The van der Waals surface area contributed by atoms with E-state index in [4.69, 9.17) is 14.5 Å². The van der Waals surface area contributed by atoms with Gasteiger partial charge >= 0.3 is 0 Å². The average molecular weight is 304 g/mol. The van der Waals surface area contributed by atoms with Crippen LogP contribution in [0.3, 0.4) is 0 Å². The van der Waals surface area contributed by atoms with Crippen molar-refractivity contribution in [3.63, 3.8) is 0 Å². The van der Waals surface area contributed by atoms with Crippen LogP contribution in [0.5, 0.6) is 5.75 Å². The molecule has 1 atom stereocenters. The molecule has 0 bridgehead atoms. The number of ether oxygens (including phenoxy) is 2. The fourth-order valence-electron chi connectivity index (χ4n) is 3.16. The molecule has 1 aromatic rings. The van der Waals surface area contributed by atoms with Gasteiger partial charge in [0.05, 0.1) is 12.1 Å². The Morgan fingerprint density at radius 3 is 3.00 bits per heavy atom.